The smallest absolute Gasteiger partial charge is 0.322 e. The van der Waals surface area contributed by atoms with E-state index in [1.165, 1.54) is 4.90 Å². The van der Waals surface area contributed by atoms with E-state index in [9.17, 15) is 14.4 Å². The number of nitrogens with one attached hydrogen (secondary N) is 1. The fourth-order valence-corrected chi connectivity index (χ4v) is 3.23. The number of rotatable bonds is 6. The molecule has 2 aliphatic heterocycles. The number of likely N-dealkylation sites (tertiary alicyclic amines) is 2. The highest BCUT2D eigenvalue weighted by atomic mass is 16.5. The molecular formula is C20H28N4O4. The van der Waals surface area contributed by atoms with Gasteiger partial charge >= 0.3 is 6.03 Å². The minimum Gasteiger partial charge on any atom is -0.365 e. The second-order valence-electron chi connectivity index (χ2n) is 7.53. The van der Waals surface area contributed by atoms with Crippen LogP contribution in [0.2, 0.25) is 0 Å². The zero-order valence-corrected chi connectivity index (χ0v) is 16.5. The second-order valence-corrected chi connectivity index (χ2v) is 7.53. The van der Waals surface area contributed by atoms with Crippen LogP contribution in [-0.4, -0.2) is 79.0 Å². The zero-order chi connectivity index (χ0) is 20.1. The predicted molar refractivity (Wildman–Crippen MR) is 105 cm³/mol. The maximum atomic E-state index is 12.4. The molecule has 0 spiro atoms. The van der Waals surface area contributed by atoms with Crippen molar-refractivity contribution in [3.63, 3.8) is 0 Å². The fourth-order valence-electron chi connectivity index (χ4n) is 3.23. The van der Waals surface area contributed by atoms with Gasteiger partial charge in [-0.25, -0.2) is 4.79 Å². The van der Waals surface area contributed by atoms with Crippen molar-refractivity contribution in [2.24, 2.45) is 0 Å². The maximum Gasteiger partial charge on any atom is 0.322 e. The lowest BCUT2D eigenvalue weighted by molar-refractivity contribution is -0.138. The van der Waals surface area contributed by atoms with Crippen molar-refractivity contribution in [1.29, 1.82) is 0 Å². The van der Waals surface area contributed by atoms with Gasteiger partial charge in [0.25, 0.3) is 0 Å². The van der Waals surface area contributed by atoms with Crippen molar-refractivity contribution < 1.29 is 19.1 Å². The number of ether oxygens (including phenoxy) is 1. The largest absolute Gasteiger partial charge is 0.365 e. The summed E-state index contributed by atoms with van der Waals surface area (Å²) in [6.45, 7) is 2.33. The van der Waals surface area contributed by atoms with E-state index in [4.69, 9.17) is 4.74 Å². The zero-order valence-electron chi connectivity index (χ0n) is 16.5. The van der Waals surface area contributed by atoms with Crippen LogP contribution in [0.5, 0.6) is 0 Å². The van der Waals surface area contributed by atoms with Crippen LogP contribution in [0.1, 0.15) is 24.8 Å². The SMILES string of the molecule is CN(C)C(=O)COC1CN(C(=O)Nc2cccc(CN3CCCCC3=O)c2)C1. The van der Waals surface area contributed by atoms with E-state index in [2.05, 4.69) is 5.32 Å². The van der Waals surface area contributed by atoms with E-state index >= 15 is 0 Å². The summed E-state index contributed by atoms with van der Waals surface area (Å²) in [5.74, 6) is 0.104. The average molecular weight is 388 g/mol. The molecule has 0 saturated carbocycles. The van der Waals surface area contributed by atoms with Gasteiger partial charge in [-0.2, -0.15) is 0 Å². The molecule has 8 nitrogen and oxygen atoms in total. The number of amides is 4. The molecule has 0 radical (unpaired) electrons. The quantitative estimate of drug-likeness (QED) is 0.801. The van der Waals surface area contributed by atoms with E-state index in [-0.39, 0.29) is 30.6 Å². The van der Waals surface area contributed by atoms with Crippen LogP contribution >= 0.6 is 0 Å². The number of likely N-dealkylation sites (N-methyl/N-ethyl adjacent to an activating group) is 1. The van der Waals surface area contributed by atoms with Gasteiger partial charge in [0.05, 0.1) is 19.2 Å². The Morgan fingerprint density at radius 2 is 2.04 bits per heavy atom. The van der Waals surface area contributed by atoms with Crippen molar-refractivity contribution >= 4 is 23.5 Å². The Bertz CT molecular complexity index is 731. The van der Waals surface area contributed by atoms with Gasteiger partial charge < -0.3 is 24.8 Å². The van der Waals surface area contributed by atoms with Crippen molar-refractivity contribution in [2.75, 3.05) is 45.7 Å². The molecule has 0 aliphatic carbocycles. The van der Waals surface area contributed by atoms with Crippen LogP contribution < -0.4 is 5.32 Å². The number of anilines is 1. The monoisotopic (exact) mass is 388 g/mol. The first-order chi connectivity index (χ1) is 13.4. The molecule has 0 atom stereocenters. The highest BCUT2D eigenvalue weighted by molar-refractivity contribution is 5.90. The Kier molecular flexibility index (Phi) is 6.51. The molecule has 4 amide bonds. The third-order valence-corrected chi connectivity index (χ3v) is 5.05. The predicted octanol–water partition coefficient (Wildman–Crippen LogP) is 1.52. The normalized spacial score (nSPS) is 17.3. The van der Waals surface area contributed by atoms with Crippen LogP contribution in [0.25, 0.3) is 0 Å². The first kappa shape index (κ1) is 20.1. The lowest BCUT2D eigenvalue weighted by Crippen LogP contribution is -2.56. The van der Waals surface area contributed by atoms with Crippen molar-refractivity contribution in [3.8, 4) is 0 Å². The summed E-state index contributed by atoms with van der Waals surface area (Å²) < 4.78 is 5.50. The maximum absolute atomic E-state index is 12.4. The molecule has 0 aromatic heterocycles. The van der Waals surface area contributed by atoms with Crippen LogP contribution in [0.15, 0.2) is 24.3 Å². The van der Waals surface area contributed by atoms with Crippen LogP contribution in [0, 0.1) is 0 Å². The number of hydrogen-bond acceptors (Lipinski definition) is 4. The van der Waals surface area contributed by atoms with Gasteiger partial charge in [-0.3, -0.25) is 9.59 Å². The van der Waals surface area contributed by atoms with E-state index in [0.29, 0.717) is 31.7 Å². The van der Waals surface area contributed by atoms with Gasteiger partial charge in [0, 0.05) is 39.3 Å². The van der Waals surface area contributed by atoms with E-state index < -0.39 is 0 Å². The van der Waals surface area contributed by atoms with Crippen molar-refractivity contribution in [3.05, 3.63) is 29.8 Å². The molecule has 152 valence electrons. The minimum atomic E-state index is -0.190. The summed E-state index contributed by atoms with van der Waals surface area (Å²) in [6, 6.07) is 7.40. The topological polar surface area (TPSA) is 82.2 Å². The number of urea groups is 1. The third-order valence-electron chi connectivity index (χ3n) is 5.05. The summed E-state index contributed by atoms with van der Waals surface area (Å²) in [4.78, 5) is 40.9. The molecule has 28 heavy (non-hydrogen) atoms. The number of hydrogen-bond donors (Lipinski definition) is 1. The molecule has 1 aromatic rings. The lowest BCUT2D eigenvalue weighted by Gasteiger charge is -2.38. The molecule has 3 rings (SSSR count). The lowest BCUT2D eigenvalue weighted by atomic mass is 10.1. The minimum absolute atomic E-state index is 0.0321. The van der Waals surface area contributed by atoms with E-state index in [1.54, 1.807) is 19.0 Å². The Balaban J connectivity index is 1.45. The molecule has 1 N–H and O–H groups in total. The van der Waals surface area contributed by atoms with E-state index in [1.807, 2.05) is 29.2 Å². The summed E-state index contributed by atoms with van der Waals surface area (Å²) in [5.41, 5.74) is 1.71. The van der Waals surface area contributed by atoms with Crippen LogP contribution in [0.3, 0.4) is 0 Å². The van der Waals surface area contributed by atoms with E-state index in [0.717, 1.165) is 24.9 Å². The fraction of sp³-hybridized carbons (Fsp3) is 0.550. The van der Waals surface area contributed by atoms with Crippen LogP contribution in [0.4, 0.5) is 10.5 Å². The first-order valence-corrected chi connectivity index (χ1v) is 9.67. The molecule has 2 aliphatic rings. The highest BCUT2D eigenvalue weighted by Crippen LogP contribution is 2.19. The van der Waals surface area contributed by atoms with Gasteiger partial charge in [-0.15, -0.1) is 0 Å². The highest BCUT2D eigenvalue weighted by Gasteiger charge is 2.32. The summed E-state index contributed by atoms with van der Waals surface area (Å²) in [7, 11) is 3.36. The molecule has 2 fully saturated rings. The van der Waals surface area contributed by atoms with Gasteiger partial charge in [0.1, 0.15) is 6.61 Å². The van der Waals surface area contributed by atoms with Gasteiger partial charge in [0.15, 0.2) is 0 Å². The number of carbonyl (C=O) groups is 3. The molecule has 2 heterocycles. The Hall–Kier alpha value is -2.61. The number of piperidine rings is 1. The van der Waals surface area contributed by atoms with Gasteiger partial charge in [0.2, 0.25) is 11.8 Å². The molecule has 0 bridgehead atoms. The summed E-state index contributed by atoms with van der Waals surface area (Å²) in [5, 5.41) is 2.89. The standard InChI is InChI=1S/C20H28N4O4/c1-22(2)19(26)14-28-17-12-24(13-17)20(27)21-16-7-5-6-15(10-16)11-23-9-4-3-8-18(23)25/h5-7,10,17H,3-4,8-9,11-14H2,1-2H3,(H,21,27). The summed E-state index contributed by atoms with van der Waals surface area (Å²) in [6.07, 6.45) is 2.52. The third kappa shape index (κ3) is 5.22. The van der Waals surface area contributed by atoms with Crippen molar-refractivity contribution in [2.45, 2.75) is 31.9 Å². The molecular weight excluding hydrogens is 360 g/mol. The number of nitrogens with zero attached hydrogens (tertiary/aromatic N) is 3. The van der Waals surface area contributed by atoms with Gasteiger partial charge in [-0.1, -0.05) is 12.1 Å². The molecule has 2 saturated heterocycles. The number of carbonyl (C=O) groups excluding carboxylic acids is 3. The Labute approximate surface area is 165 Å². The summed E-state index contributed by atoms with van der Waals surface area (Å²) >= 11 is 0. The van der Waals surface area contributed by atoms with Gasteiger partial charge in [-0.05, 0) is 30.5 Å². The molecule has 8 heteroatoms. The first-order valence-electron chi connectivity index (χ1n) is 9.67. The Morgan fingerprint density at radius 1 is 1.25 bits per heavy atom. The molecule has 1 aromatic carbocycles. The Morgan fingerprint density at radius 3 is 2.75 bits per heavy atom. The van der Waals surface area contributed by atoms with Crippen LogP contribution in [-0.2, 0) is 20.9 Å². The second kappa shape index (κ2) is 9.05. The van der Waals surface area contributed by atoms with Crippen molar-refractivity contribution in [1.82, 2.24) is 14.7 Å². The number of benzene rings is 1. The average Bonchev–Trinajstić information content (AvgIpc) is 2.62. The molecule has 0 unspecified atom stereocenters.